The first-order valence-electron chi connectivity index (χ1n) is 5.29. The van der Waals surface area contributed by atoms with Crippen LogP contribution in [0.5, 0.6) is 0 Å². The maximum Gasteiger partial charge on any atom is 0.339 e. The van der Waals surface area contributed by atoms with Gasteiger partial charge in [0.05, 0.1) is 18.3 Å². The Morgan fingerprint density at radius 2 is 2.44 bits per heavy atom. The fourth-order valence-corrected chi connectivity index (χ4v) is 2.15. The van der Waals surface area contributed by atoms with Gasteiger partial charge < -0.3 is 15.1 Å². The lowest BCUT2D eigenvalue weighted by atomic mass is 10.2. The second-order valence-corrected chi connectivity index (χ2v) is 3.87. The van der Waals surface area contributed by atoms with Crippen molar-refractivity contribution in [1.82, 2.24) is 4.98 Å². The summed E-state index contributed by atoms with van der Waals surface area (Å²) in [6.45, 7) is 0.844. The van der Waals surface area contributed by atoms with Crippen molar-refractivity contribution in [2.75, 3.05) is 18.1 Å². The standard InChI is InChI=1S/C11H14N2O3/c14-7-8-2-1-5-13(8)10-3-4-12-6-9(10)11(15)16/h3-4,6,8,14H,1-2,5,7H2,(H,15,16). The molecule has 0 bridgehead atoms. The number of carbonyl (C=O) groups is 1. The SMILES string of the molecule is O=C(O)c1cnccc1N1CCCC1CO. The van der Waals surface area contributed by atoms with E-state index in [1.54, 1.807) is 12.3 Å². The highest BCUT2D eigenvalue weighted by atomic mass is 16.4. The first-order chi connectivity index (χ1) is 7.74. The van der Waals surface area contributed by atoms with Gasteiger partial charge in [0.1, 0.15) is 5.56 Å². The molecule has 1 unspecified atom stereocenters. The third kappa shape index (κ3) is 1.86. The number of hydrogen-bond acceptors (Lipinski definition) is 4. The topological polar surface area (TPSA) is 73.7 Å². The Hall–Kier alpha value is -1.62. The minimum Gasteiger partial charge on any atom is -0.478 e. The van der Waals surface area contributed by atoms with Crippen molar-refractivity contribution in [3.8, 4) is 0 Å². The van der Waals surface area contributed by atoms with Crippen LogP contribution in [-0.2, 0) is 0 Å². The Balaban J connectivity index is 2.35. The summed E-state index contributed by atoms with van der Waals surface area (Å²) in [6, 6.07) is 1.72. The van der Waals surface area contributed by atoms with Crippen molar-refractivity contribution in [2.45, 2.75) is 18.9 Å². The van der Waals surface area contributed by atoms with E-state index < -0.39 is 5.97 Å². The highest BCUT2D eigenvalue weighted by Crippen LogP contribution is 2.27. The molecule has 0 aromatic carbocycles. The van der Waals surface area contributed by atoms with Gasteiger partial charge in [-0.05, 0) is 18.9 Å². The fourth-order valence-electron chi connectivity index (χ4n) is 2.15. The zero-order valence-corrected chi connectivity index (χ0v) is 8.83. The van der Waals surface area contributed by atoms with Crippen molar-refractivity contribution >= 4 is 11.7 Å². The molecule has 1 fully saturated rings. The molecule has 1 saturated heterocycles. The Morgan fingerprint density at radius 1 is 1.62 bits per heavy atom. The lowest BCUT2D eigenvalue weighted by Gasteiger charge is -2.26. The molecule has 0 amide bonds. The van der Waals surface area contributed by atoms with Crippen LogP contribution in [0.3, 0.4) is 0 Å². The molecule has 16 heavy (non-hydrogen) atoms. The van der Waals surface area contributed by atoms with Crippen molar-refractivity contribution in [3.05, 3.63) is 24.0 Å². The Labute approximate surface area is 93.3 Å². The molecule has 1 atom stereocenters. The van der Waals surface area contributed by atoms with Crippen LogP contribution in [0.1, 0.15) is 23.2 Å². The number of rotatable bonds is 3. The monoisotopic (exact) mass is 222 g/mol. The molecule has 0 saturated carbocycles. The molecule has 1 aromatic heterocycles. The van der Waals surface area contributed by atoms with Crippen molar-refractivity contribution in [3.63, 3.8) is 0 Å². The van der Waals surface area contributed by atoms with Crippen LogP contribution in [0.2, 0.25) is 0 Å². The van der Waals surface area contributed by atoms with Crippen LogP contribution in [0.15, 0.2) is 18.5 Å². The molecular weight excluding hydrogens is 208 g/mol. The Bertz CT molecular complexity index is 395. The summed E-state index contributed by atoms with van der Waals surface area (Å²) >= 11 is 0. The third-order valence-electron chi connectivity index (χ3n) is 2.93. The van der Waals surface area contributed by atoms with Gasteiger partial charge in [-0.1, -0.05) is 0 Å². The van der Waals surface area contributed by atoms with Gasteiger partial charge in [-0.15, -0.1) is 0 Å². The van der Waals surface area contributed by atoms with Crippen LogP contribution in [0, 0.1) is 0 Å². The van der Waals surface area contributed by atoms with E-state index in [4.69, 9.17) is 5.11 Å². The van der Waals surface area contributed by atoms with Gasteiger partial charge in [0.2, 0.25) is 0 Å². The van der Waals surface area contributed by atoms with E-state index in [1.807, 2.05) is 4.90 Å². The summed E-state index contributed by atoms with van der Waals surface area (Å²) in [5, 5.41) is 18.3. The minimum absolute atomic E-state index is 0.0282. The van der Waals surface area contributed by atoms with Crippen LogP contribution in [0.4, 0.5) is 5.69 Å². The molecule has 5 nitrogen and oxygen atoms in total. The van der Waals surface area contributed by atoms with E-state index in [9.17, 15) is 9.90 Å². The molecule has 2 rings (SSSR count). The molecular formula is C11H14N2O3. The van der Waals surface area contributed by atoms with E-state index in [1.165, 1.54) is 6.20 Å². The molecule has 0 spiro atoms. The smallest absolute Gasteiger partial charge is 0.339 e. The summed E-state index contributed by atoms with van der Waals surface area (Å²) in [5.74, 6) is -0.980. The summed E-state index contributed by atoms with van der Waals surface area (Å²) in [4.78, 5) is 16.8. The Morgan fingerprint density at radius 3 is 3.12 bits per heavy atom. The maximum absolute atomic E-state index is 11.0. The largest absolute Gasteiger partial charge is 0.478 e. The van der Waals surface area contributed by atoms with E-state index in [2.05, 4.69) is 4.98 Å². The van der Waals surface area contributed by atoms with Crippen molar-refractivity contribution < 1.29 is 15.0 Å². The van der Waals surface area contributed by atoms with E-state index >= 15 is 0 Å². The number of anilines is 1. The predicted octanol–water partition coefficient (Wildman–Crippen LogP) is 0.741. The Kier molecular flexibility index (Phi) is 3.05. The second-order valence-electron chi connectivity index (χ2n) is 3.87. The number of nitrogens with zero attached hydrogens (tertiary/aromatic N) is 2. The summed E-state index contributed by atoms with van der Waals surface area (Å²) in [7, 11) is 0. The zero-order chi connectivity index (χ0) is 11.5. The average Bonchev–Trinajstić information content (AvgIpc) is 2.76. The number of hydrogen-bond donors (Lipinski definition) is 2. The molecule has 0 radical (unpaired) electrons. The average molecular weight is 222 g/mol. The summed E-state index contributed by atoms with van der Waals surface area (Å²) in [6.07, 6.45) is 4.81. The van der Waals surface area contributed by atoms with Crippen LogP contribution in [0.25, 0.3) is 0 Å². The van der Waals surface area contributed by atoms with Crippen LogP contribution < -0.4 is 4.90 Å². The summed E-state index contributed by atoms with van der Waals surface area (Å²) in [5.41, 5.74) is 0.849. The highest BCUT2D eigenvalue weighted by molar-refractivity contribution is 5.94. The minimum atomic E-state index is -0.980. The summed E-state index contributed by atoms with van der Waals surface area (Å²) < 4.78 is 0. The van der Waals surface area contributed by atoms with E-state index in [0.29, 0.717) is 5.69 Å². The molecule has 5 heteroatoms. The number of aromatic nitrogens is 1. The number of aromatic carboxylic acids is 1. The first kappa shape index (κ1) is 10.9. The molecule has 0 aliphatic carbocycles. The molecule has 1 aromatic rings. The lowest BCUT2D eigenvalue weighted by Crippen LogP contribution is -2.33. The zero-order valence-electron chi connectivity index (χ0n) is 8.83. The van der Waals surface area contributed by atoms with Gasteiger partial charge in [-0.25, -0.2) is 4.79 Å². The number of carboxylic acid groups (broad SMARTS) is 1. The molecule has 1 aliphatic heterocycles. The fraction of sp³-hybridized carbons (Fsp3) is 0.455. The van der Waals surface area contributed by atoms with Gasteiger partial charge >= 0.3 is 5.97 Å². The van der Waals surface area contributed by atoms with Crippen molar-refractivity contribution in [2.24, 2.45) is 0 Å². The third-order valence-corrected chi connectivity index (χ3v) is 2.93. The van der Waals surface area contributed by atoms with Gasteiger partial charge in [0.25, 0.3) is 0 Å². The predicted molar refractivity (Wildman–Crippen MR) is 58.7 cm³/mol. The molecule has 2 N–H and O–H groups in total. The first-order valence-corrected chi connectivity index (χ1v) is 5.29. The number of aliphatic hydroxyl groups excluding tert-OH is 1. The molecule has 86 valence electrons. The normalized spacial score (nSPS) is 20.1. The lowest BCUT2D eigenvalue weighted by molar-refractivity contribution is 0.0697. The van der Waals surface area contributed by atoms with Gasteiger partial charge in [-0.3, -0.25) is 4.98 Å². The molecule has 1 aliphatic rings. The van der Waals surface area contributed by atoms with E-state index in [0.717, 1.165) is 19.4 Å². The van der Waals surface area contributed by atoms with E-state index in [-0.39, 0.29) is 18.2 Å². The van der Waals surface area contributed by atoms with Crippen LogP contribution in [-0.4, -0.2) is 40.4 Å². The highest BCUT2D eigenvalue weighted by Gasteiger charge is 2.27. The quantitative estimate of drug-likeness (QED) is 0.789. The second kappa shape index (κ2) is 4.49. The number of aliphatic hydroxyl groups is 1. The number of carboxylic acids is 1. The van der Waals surface area contributed by atoms with Crippen LogP contribution >= 0.6 is 0 Å². The van der Waals surface area contributed by atoms with Gasteiger partial charge in [-0.2, -0.15) is 0 Å². The van der Waals surface area contributed by atoms with Gasteiger partial charge in [0, 0.05) is 18.9 Å². The maximum atomic E-state index is 11.0. The van der Waals surface area contributed by atoms with Crippen molar-refractivity contribution in [1.29, 1.82) is 0 Å². The van der Waals surface area contributed by atoms with Gasteiger partial charge in [0.15, 0.2) is 0 Å². The number of pyridine rings is 1. The molecule has 2 heterocycles.